The molecule has 0 bridgehead atoms. The fraction of sp³-hybridized carbons (Fsp3) is 0.900. The number of rotatable bonds is 5. The molecule has 0 aliphatic carbocycles. The summed E-state index contributed by atoms with van der Waals surface area (Å²) in [5, 5.41) is 21.6. The molecule has 0 aromatic carbocycles. The highest BCUT2D eigenvalue weighted by Crippen LogP contribution is 2.31. The fourth-order valence-corrected chi connectivity index (χ4v) is 1.80. The summed E-state index contributed by atoms with van der Waals surface area (Å²) in [6.07, 6.45) is -0.811. The largest absolute Gasteiger partial charge is 0.481 e. The van der Waals surface area contributed by atoms with Crippen molar-refractivity contribution in [3.63, 3.8) is 0 Å². The quantitative estimate of drug-likeness (QED) is 0.311. The molecule has 0 aliphatic heterocycles. The Kier molecular flexibility index (Phi) is 6.05. The lowest BCUT2D eigenvalue weighted by atomic mass is 9.77. The van der Waals surface area contributed by atoms with E-state index in [0.717, 1.165) is 0 Å². The Bertz CT molecular complexity index is 213. The number of aliphatic hydroxyl groups is 1. The van der Waals surface area contributed by atoms with Crippen molar-refractivity contribution in [1.29, 1.82) is 0 Å². The molecule has 4 nitrogen and oxygen atoms in total. The first kappa shape index (κ1) is 15.1. The number of halogens is 1. The first-order valence-corrected chi connectivity index (χ1v) is 6.19. The van der Waals surface area contributed by atoms with Gasteiger partial charge in [-0.3, -0.25) is 10.1 Å². The van der Waals surface area contributed by atoms with Gasteiger partial charge in [-0.15, -0.1) is 0 Å². The molecule has 3 unspecified atom stereocenters. The molecule has 0 heterocycles. The Morgan fingerprint density at radius 3 is 2.20 bits per heavy atom. The first-order valence-electron chi connectivity index (χ1n) is 4.94. The molecule has 0 amide bonds. The third kappa shape index (κ3) is 6.32. The van der Waals surface area contributed by atoms with E-state index in [1.807, 2.05) is 27.7 Å². The molecule has 0 spiro atoms. The number of nitrogens with one attached hydrogen (secondary N) is 1. The highest BCUT2D eigenvalue weighted by molar-refractivity contribution is 14.1. The average Bonchev–Trinajstić information content (AvgIpc) is 1.95. The van der Waals surface area contributed by atoms with Crippen LogP contribution in [0.4, 0.5) is 0 Å². The van der Waals surface area contributed by atoms with E-state index in [0.29, 0.717) is 0 Å². The molecular formula is C10H20INO3. The van der Waals surface area contributed by atoms with Gasteiger partial charge in [0.1, 0.15) is 6.23 Å². The summed E-state index contributed by atoms with van der Waals surface area (Å²) >= 11 is 2.13. The van der Waals surface area contributed by atoms with Crippen LogP contribution in [0.2, 0.25) is 0 Å². The normalized spacial score (nSPS) is 18.3. The summed E-state index contributed by atoms with van der Waals surface area (Å²) in [5.74, 6) is -1.18. The number of hydrogen-bond acceptors (Lipinski definition) is 3. The molecule has 0 aliphatic rings. The Morgan fingerprint density at radius 2 is 1.93 bits per heavy atom. The lowest BCUT2D eigenvalue weighted by Gasteiger charge is -2.34. The van der Waals surface area contributed by atoms with Crippen molar-refractivity contribution < 1.29 is 15.0 Å². The second-order valence-electron chi connectivity index (χ2n) is 4.80. The number of aliphatic carboxylic acids is 1. The van der Waals surface area contributed by atoms with Crippen LogP contribution in [0, 0.1) is 11.3 Å². The second kappa shape index (κ2) is 6.00. The maximum Gasteiger partial charge on any atom is 0.303 e. The van der Waals surface area contributed by atoms with Crippen LogP contribution in [0.3, 0.4) is 0 Å². The van der Waals surface area contributed by atoms with E-state index >= 15 is 0 Å². The molecule has 0 fully saturated rings. The second-order valence-corrected chi connectivity index (χ2v) is 6.67. The molecule has 0 saturated carbocycles. The highest BCUT2D eigenvalue weighted by atomic mass is 127. The standard InChI is InChI=1S/C10H20INO3/c1-6(11)12-9(15)7(5-8(13)14)10(2,3)4/h6-7,9,12,15H,5H2,1-4H3,(H,13,14). The third-order valence-electron chi connectivity index (χ3n) is 2.29. The number of hydrogen-bond donors (Lipinski definition) is 3. The van der Waals surface area contributed by atoms with E-state index in [2.05, 4.69) is 27.9 Å². The maximum absolute atomic E-state index is 10.7. The fourth-order valence-electron chi connectivity index (χ4n) is 1.43. The van der Waals surface area contributed by atoms with Crippen molar-refractivity contribution in [2.24, 2.45) is 11.3 Å². The topological polar surface area (TPSA) is 69.6 Å². The number of aliphatic hydroxyl groups excluding tert-OH is 1. The van der Waals surface area contributed by atoms with Crippen LogP contribution in [-0.2, 0) is 4.79 Å². The Balaban J connectivity index is 4.55. The predicted octanol–water partition coefficient (Wildman–Crippen LogP) is 1.81. The van der Waals surface area contributed by atoms with E-state index in [9.17, 15) is 9.90 Å². The summed E-state index contributed by atoms with van der Waals surface area (Å²) in [7, 11) is 0. The van der Waals surface area contributed by atoms with Gasteiger partial charge in [-0.05, 0) is 12.3 Å². The minimum atomic E-state index is -0.878. The third-order valence-corrected chi connectivity index (χ3v) is 2.65. The van der Waals surface area contributed by atoms with Crippen LogP contribution in [0.25, 0.3) is 0 Å². The number of carboxylic acid groups (broad SMARTS) is 1. The van der Waals surface area contributed by atoms with Crippen LogP contribution >= 0.6 is 22.6 Å². The van der Waals surface area contributed by atoms with E-state index in [1.165, 1.54) is 0 Å². The van der Waals surface area contributed by atoms with Gasteiger partial charge in [0.2, 0.25) is 0 Å². The maximum atomic E-state index is 10.7. The lowest BCUT2D eigenvalue weighted by Crippen LogP contribution is -2.45. The van der Waals surface area contributed by atoms with Gasteiger partial charge < -0.3 is 10.2 Å². The first-order chi connectivity index (χ1) is 6.64. The predicted molar refractivity (Wildman–Crippen MR) is 67.8 cm³/mol. The summed E-state index contributed by atoms with van der Waals surface area (Å²) < 4.78 is 0.108. The van der Waals surface area contributed by atoms with Gasteiger partial charge in [0.15, 0.2) is 0 Å². The van der Waals surface area contributed by atoms with Crippen LogP contribution in [0.1, 0.15) is 34.1 Å². The van der Waals surface area contributed by atoms with E-state index in [4.69, 9.17) is 5.11 Å². The molecule has 0 rings (SSSR count). The minimum absolute atomic E-state index is 0.0268. The molecule has 90 valence electrons. The van der Waals surface area contributed by atoms with Crippen molar-refractivity contribution in [2.75, 3.05) is 0 Å². The van der Waals surface area contributed by atoms with Crippen molar-refractivity contribution >= 4 is 28.6 Å². The molecule has 3 atom stereocenters. The lowest BCUT2D eigenvalue weighted by molar-refractivity contribution is -0.141. The van der Waals surface area contributed by atoms with Crippen molar-refractivity contribution in [3.05, 3.63) is 0 Å². The van der Waals surface area contributed by atoms with Gasteiger partial charge in [-0.2, -0.15) is 0 Å². The van der Waals surface area contributed by atoms with Crippen molar-refractivity contribution in [2.45, 2.75) is 44.4 Å². The van der Waals surface area contributed by atoms with Gasteiger partial charge in [0.05, 0.1) is 10.5 Å². The Hall–Kier alpha value is 0.120. The summed E-state index contributed by atoms with van der Waals surface area (Å²) in [4.78, 5) is 10.7. The van der Waals surface area contributed by atoms with E-state index < -0.39 is 12.2 Å². The zero-order valence-corrected chi connectivity index (χ0v) is 11.8. The SMILES string of the molecule is CC(I)NC(O)C(CC(=O)O)C(C)(C)C. The molecule has 3 N–H and O–H groups in total. The van der Waals surface area contributed by atoms with Gasteiger partial charge >= 0.3 is 5.97 Å². The van der Waals surface area contributed by atoms with Crippen molar-refractivity contribution in [3.8, 4) is 0 Å². The average molecular weight is 329 g/mol. The molecule has 0 aromatic rings. The van der Waals surface area contributed by atoms with Crippen LogP contribution in [-0.4, -0.2) is 26.5 Å². The van der Waals surface area contributed by atoms with Crippen LogP contribution in [0.5, 0.6) is 0 Å². The number of carboxylic acids is 1. The van der Waals surface area contributed by atoms with Crippen LogP contribution in [0.15, 0.2) is 0 Å². The smallest absolute Gasteiger partial charge is 0.303 e. The van der Waals surface area contributed by atoms with E-state index in [1.54, 1.807) is 0 Å². The van der Waals surface area contributed by atoms with Gasteiger partial charge in [-0.1, -0.05) is 43.4 Å². The minimum Gasteiger partial charge on any atom is -0.481 e. The van der Waals surface area contributed by atoms with Crippen LogP contribution < -0.4 is 5.32 Å². The number of carbonyl (C=O) groups is 1. The molecule has 0 radical (unpaired) electrons. The summed E-state index contributed by atoms with van der Waals surface area (Å²) in [5.41, 5.74) is -0.240. The zero-order valence-electron chi connectivity index (χ0n) is 9.62. The van der Waals surface area contributed by atoms with Gasteiger partial charge in [0.25, 0.3) is 0 Å². The summed E-state index contributed by atoms with van der Waals surface area (Å²) in [6, 6.07) is 0. The van der Waals surface area contributed by atoms with E-state index in [-0.39, 0.29) is 21.8 Å². The molecule has 0 saturated heterocycles. The molecule has 15 heavy (non-hydrogen) atoms. The molecule has 5 heteroatoms. The van der Waals surface area contributed by atoms with Gasteiger partial charge in [-0.25, -0.2) is 0 Å². The summed E-state index contributed by atoms with van der Waals surface area (Å²) in [6.45, 7) is 7.71. The zero-order chi connectivity index (χ0) is 12.2. The Morgan fingerprint density at radius 1 is 1.47 bits per heavy atom. The van der Waals surface area contributed by atoms with Gasteiger partial charge in [0, 0.05) is 5.92 Å². The highest BCUT2D eigenvalue weighted by Gasteiger charge is 2.33. The Labute approximate surface area is 105 Å². The van der Waals surface area contributed by atoms with Crippen molar-refractivity contribution in [1.82, 2.24) is 5.32 Å². The number of alkyl halides is 1. The molecule has 0 aromatic heterocycles. The molecular weight excluding hydrogens is 309 g/mol. The monoisotopic (exact) mass is 329 g/mol.